The quantitative estimate of drug-likeness (QED) is 0.564. The summed E-state index contributed by atoms with van der Waals surface area (Å²) < 4.78 is 11.6. The lowest BCUT2D eigenvalue weighted by molar-refractivity contribution is -0.192. The van der Waals surface area contributed by atoms with E-state index in [9.17, 15) is 15.0 Å². The fraction of sp³-hybridized carbons (Fsp3) is 0.593. The minimum absolute atomic E-state index is 0. The average molecular weight is 501 g/mol. The van der Waals surface area contributed by atoms with Crippen molar-refractivity contribution in [3.05, 3.63) is 47.4 Å². The molecule has 1 spiro atoms. The first-order chi connectivity index (χ1) is 16.5. The molecule has 1 aromatic heterocycles. The summed E-state index contributed by atoms with van der Waals surface area (Å²) in [6.07, 6.45) is 9.35. The zero-order valence-corrected chi connectivity index (χ0v) is 20.6. The van der Waals surface area contributed by atoms with E-state index in [0.717, 1.165) is 43.0 Å². The van der Waals surface area contributed by atoms with Crippen molar-refractivity contribution in [3.63, 3.8) is 0 Å². The number of aryl methyl sites for hydroxylation is 1. The number of phenols is 1. The Balaban J connectivity index is 0.00000229. The molecule has 2 bridgehead atoms. The number of carbonyl (C=O) groups is 1. The number of halogens is 1. The number of ether oxygens (including phenoxy) is 1. The van der Waals surface area contributed by atoms with Crippen LogP contribution in [0.3, 0.4) is 0 Å². The average Bonchev–Trinajstić information content (AvgIpc) is 3.33. The highest BCUT2D eigenvalue weighted by Gasteiger charge is 2.73. The summed E-state index contributed by atoms with van der Waals surface area (Å²) in [5.41, 5.74) is 1.66. The molecule has 3 heterocycles. The normalized spacial score (nSPS) is 34.5. The third kappa shape index (κ3) is 3.27. The Morgan fingerprint density at radius 1 is 1.20 bits per heavy atom. The molecule has 2 saturated carbocycles. The van der Waals surface area contributed by atoms with Gasteiger partial charge < -0.3 is 24.7 Å². The maximum atomic E-state index is 12.9. The fourth-order valence-electron chi connectivity index (χ4n) is 7.60. The van der Waals surface area contributed by atoms with E-state index < -0.39 is 11.0 Å². The molecule has 2 aliphatic heterocycles. The van der Waals surface area contributed by atoms with Crippen molar-refractivity contribution in [2.75, 3.05) is 13.1 Å². The van der Waals surface area contributed by atoms with E-state index in [0.29, 0.717) is 31.4 Å². The summed E-state index contributed by atoms with van der Waals surface area (Å²) >= 11 is 0. The van der Waals surface area contributed by atoms with Gasteiger partial charge in [-0.2, -0.15) is 0 Å². The van der Waals surface area contributed by atoms with Gasteiger partial charge in [0, 0.05) is 24.6 Å². The molecule has 5 aliphatic rings. The highest BCUT2D eigenvalue weighted by Crippen LogP contribution is 2.65. The molecule has 1 saturated heterocycles. The Morgan fingerprint density at radius 3 is 2.83 bits per heavy atom. The third-order valence-corrected chi connectivity index (χ3v) is 9.33. The van der Waals surface area contributed by atoms with E-state index in [1.54, 1.807) is 18.6 Å². The maximum absolute atomic E-state index is 12.9. The maximum Gasteiger partial charge on any atom is 0.220 e. The van der Waals surface area contributed by atoms with Crippen LogP contribution in [0.5, 0.6) is 11.5 Å². The van der Waals surface area contributed by atoms with Gasteiger partial charge in [-0.3, -0.25) is 9.69 Å². The molecule has 7 nitrogen and oxygen atoms in total. The number of carbonyl (C=O) groups excluding carboxylic acids is 1. The van der Waals surface area contributed by atoms with Crippen molar-refractivity contribution < 1.29 is 24.2 Å². The Morgan fingerprint density at radius 2 is 2.06 bits per heavy atom. The zero-order valence-electron chi connectivity index (χ0n) is 19.7. The number of hydrogen-bond acceptors (Lipinski definition) is 6. The van der Waals surface area contributed by atoms with Gasteiger partial charge in [-0.1, -0.05) is 6.07 Å². The molecule has 8 heteroatoms. The zero-order chi connectivity index (χ0) is 23.1. The summed E-state index contributed by atoms with van der Waals surface area (Å²) in [5, 5.41) is 26.4. The molecule has 0 radical (unpaired) electrons. The molecule has 2 aromatic rings. The summed E-state index contributed by atoms with van der Waals surface area (Å²) in [4.78, 5) is 15.4. The second kappa shape index (κ2) is 8.15. The molecule has 7 rings (SSSR count). The first-order valence-corrected chi connectivity index (χ1v) is 12.8. The number of hydrogen-bond donors (Lipinski definition) is 3. The lowest BCUT2D eigenvalue weighted by Gasteiger charge is -2.64. The summed E-state index contributed by atoms with van der Waals surface area (Å²) in [6.45, 7) is 1.97. The Labute approximate surface area is 211 Å². The lowest BCUT2D eigenvalue weighted by Crippen LogP contribution is -2.78. The van der Waals surface area contributed by atoms with E-state index in [2.05, 4.69) is 10.2 Å². The number of phenolic OH excluding ortho intramolecular Hbond substituents is 1. The lowest BCUT2D eigenvalue weighted by atomic mass is 9.48. The van der Waals surface area contributed by atoms with Gasteiger partial charge >= 0.3 is 0 Å². The van der Waals surface area contributed by atoms with E-state index in [4.69, 9.17) is 9.15 Å². The Hall–Kier alpha value is -2.22. The van der Waals surface area contributed by atoms with E-state index >= 15 is 0 Å². The predicted octanol–water partition coefficient (Wildman–Crippen LogP) is 3.09. The molecule has 1 aromatic carbocycles. The van der Waals surface area contributed by atoms with Crippen molar-refractivity contribution in [3.8, 4) is 11.5 Å². The predicted molar refractivity (Wildman–Crippen MR) is 131 cm³/mol. The number of furan rings is 1. The highest BCUT2D eigenvalue weighted by molar-refractivity contribution is 5.85. The van der Waals surface area contributed by atoms with Crippen molar-refractivity contribution in [1.82, 2.24) is 10.2 Å². The number of aromatic hydroxyl groups is 1. The SMILES string of the molecule is Cl.O=C(CCc1ccoc1)N[C@H]1CC[C@@]2(O)[C@H]3Cc4ccc(O)c5c4[C@@]2(CCN3CC2CC2)[C@H]1O5. The Kier molecular flexibility index (Phi) is 5.40. The first-order valence-electron chi connectivity index (χ1n) is 12.8. The number of amides is 1. The second-order valence-electron chi connectivity index (χ2n) is 11.1. The monoisotopic (exact) mass is 500 g/mol. The fourth-order valence-corrected chi connectivity index (χ4v) is 7.60. The number of rotatable bonds is 6. The smallest absolute Gasteiger partial charge is 0.220 e. The van der Waals surface area contributed by atoms with Crippen LogP contribution >= 0.6 is 12.4 Å². The second-order valence-corrected chi connectivity index (χ2v) is 11.1. The van der Waals surface area contributed by atoms with Crippen LogP contribution in [0.25, 0.3) is 0 Å². The number of benzene rings is 1. The van der Waals surface area contributed by atoms with Crippen LogP contribution in [0, 0.1) is 5.92 Å². The van der Waals surface area contributed by atoms with Gasteiger partial charge in [0.05, 0.1) is 29.6 Å². The van der Waals surface area contributed by atoms with Crippen molar-refractivity contribution in [1.29, 1.82) is 0 Å². The Bertz CT molecular complexity index is 1130. The van der Waals surface area contributed by atoms with Crippen molar-refractivity contribution in [2.24, 2.45) is 5.92 Å². The standard InChI is InChI=1S/C27H32N2O5.ClH/c30-20-5-4-18-13-21-27(32)9-7-19(28-22(31)6-3-17-8-12-33-15-17)25-26(27,23(18)24(20)34-25)10-11-29(21)14-16-1-2-16;/h4-5,8,12,15-16,19,21,25,30,32H,1-3,6-7,9-11,13-14H2,(H,28,31);1H/t19-,21+,25-,26-,27+;/m0./s1. The molecular formula is C27H33ClN2O5. The number of aliphatic hydroxyl groups is 1. The van der Waals surface area contributed by atoms with Crippen LogP contribution < -0.4 is 10.1 Å². The van der Waals surface area contributed by atoms with Crippen LogP contribution in [0.1, 0.15) is 55.2 Å². The van der Waals surface area contributed by atoms with Gasteiger partial charge in [-0.15, -0.1) is 12.4 Å². The van der Waals surface area contributed by atoms with Crippen molar-refractivity contribution in [2.45, 2.75) is 80.6 Å². The number of nitrogens with one attached hydrogen (secondary N) is 1. The van der Waals surface area contributed by atoms with Crippen molar-refractivity contribution >= 4 is 18.3 Å². The molecular weight excluding hydrogens is 468 g/mol. The van der Waals surface area contributed by atoms with E-state index in [1.807, 2.05) is 12.1 Å². The van der Waals surface area contributed by atoms with Crippen LogP contribution in [0.4, 0.5) is 0 Å². The molecule has 1 amide bonds. The third-order valence-electron chi connectivity index (χ3n) is 9.33. The summed E-state index contributed by atoms with van der Waals surface area (Å²) in [7, 11) is 0. The molecule has 35 heavy (non-hydrogen) atoms. The highest BCUT2D eigenvalue weighted by atomic mass is 35.5. The van der Waals surface area contributed by atoms with Gasteiger partial charge in [0.2, 0.25) is 5.91 Å². The van der Waals surface area contributed by atoms with Gasteiger partial charge in [-0.25, -0.2) is 0 Å². The molecule has 0 unspecified atom stereocenters. The molecule has 3 aliphatic carbocycles. The summed E-state index contributed by atoms with van der Waals surface area (Å²) in [6, 6.07) is 5.47. The summed E-state index contributed by atoms with van der Waals surface area (Å²) in [5.74, 6) is 1.40. The van der Waals surface area contributed by atoms with Crippen LogP contribution in [0.2, 0.25) is 0 Å². The largest absolute Gasteiger partial charge is 0.504 e. The molecule has 5 atom stereocenters. The number of piperidine rings is 1. The van der Waals surface area contributed by atoms with Crippen LogP contribution in [-0.4, -0.2) is 57.9 Å². The van der Waals surface area contributed by atoms with Gasteiger partial charge in [-0.05, 0) is 80.7 Å². The minimum Gasteiger partial charge on any atom is -0.504 e. The first kappa shape index (κ1) is 23.2. The van der Waals surface area contributed by atoms with Gasteiger partial charge in [0.25, 0.3) is 0 Å². The van der Waals surface area contributed by atoms with E-state index in [-0.39, 0.29) is 42.3 Å². The van der Waals surface area contributed by atoms with Gasteiger partial charge in [0.1, 0.15) is 6.10 Å². The van der Waals surface area contributed by atoms with Crippen LogP contribution in [0.15, 0.2) is 35.1 Å². The number of nitrogens with zero attached hydrogens (tertiary/aromatic N) is 1. The molecule has 3 N–H and O–H groups in total. The topological polar surface area (TPSA) is 95.2 Å². The van der Waals surface area contributed by atoms with Crippen LogP contribution in [-0.2, 0) is 23.1 Å². The number of likely N-dealkylation sites (tertiary alicyclic amines) is 1. The molecule has 188 valence electrons. The van der Waals surface area contributed by atoms with Gasteiger partial charge in [0.15, 0.2) is 11.5 Å². The molecule has 3 fully saturated rings. The minimum atomic E-state index is -0.922. The van der Waals surface area contributed by atoms with E-state index in [1.165, 1.54) is 18.4 Å².